The Morgan fingerprint density at radius 2 is 1.94 bits per heavy atom. The van der Waals surface area contributed by atoms with Crippen molar-refractivity contribution in [1.29, 1.82) is 0 Å². The number of hydrogen-bond acceptors (Lipinski definition) is 2. The topological polar surface area (TPSA) is 26.0 Å². The van der Waals surface area contributed by atoms with Crippen molar-refractivity contribution < 1.29 is 4.39 Å². The van der Waals surface area contributed by atoms with Crippen LogP contribution in [-0.2, 0) is 0 Å². The van der Waals surface area contributed by atoms with E-state index in [0.717, 1.165) is 11.1 Å². The van der Waals surface area contributed by atoms with Crippen molar-refractivity contribution in [1.82, 2.24) is 0 Å². The molecule has 1 atom stereocenters. The second kappa shape index (κ2) is 4.77. The lowest BCUT2D eigenvalue weighted by Crippen LogP contribution is -2.12. The van der Waals surface area contributed by atoms with Gasteiger partial charge in [-0.2, -0.15) is 0 Å². The van der Waals surface area contributed by atoms with Gasteiger partial charge in [0.2, 0.25) is 0 Å². The number of halogens is 2. The van der Waals surface area contributed by atoms with E-state index in [1.165, 1.54) is 21.9 Å². The molecule has 90 valence electrons. The van der Waals surface area contributed by atoms with Gasteiger partial charge in [0, 0.05) is 14.8 Å². The van der Waals surface area contributed by atoms with Gasteiger partial charge in [-0.3, -0.25) is 0 Å². The highest BCUT2D eigenvalue weighted by molar-refractivity contribution is 7.12. The van der Waals surface area contributed by atoms with Crippen LogP contribution >= 0.6 is 22.9 Å². The summed E-state index contributed by atoms with van der Waals surface area (Å²) in [6, 6.07) is 6.09. The highest BCUT2D eigenvalue weighted by atomic mass is 35.5. The van der Waals surface area contributed by atoms with Gasteiger partial charge < -0.3 is 5.73 Å². The molecule has 1 unspecified atom stereocenters. The first kappa shape index (κ1) is 12.6. The van der Waals surface area contributed by atoms with E-state index in [0.29, 0.717) is 5.02 Å². The lowest BCUT2D eigenvalue weighted by molar-refractivity contribution is 0.626. The third-order valence-corrected chi connectivity index (χ3v) is 4.02. The van der Waals surface area contributed by atoms with Gasteiger partial charge in [0.05, 0.1) is 6.04 Å². The molecule has 0 saturated heterocycles. The van der Waals surface area contributed by atoms with Crippen LogP contribution in [0.5, 0.6) is 0 Å². The van der Waals surface area contributed by atoms with E-state index in [4.69, 9.17) is 17.3 Å². The average Bonchev–Trinajstić information content (AvgIpc) is 2.57. The van der Waals surface area contributed by atoms with E-state index in [-0.39, 0.29) is 11.9 Å². The Morgan fingerprint density at radius 3 is 2.47 bits per heavy atom. The molecule has 1 nitrogen and oxygen atoms in total. The van der Waals surface area contributed by atoms with Crippen LogP contribution in [0.25, 0.3) is 0 Å². The molecule has 1 heterocycles. The minimum absolute atomic E-state index is 0.298. The number of benzene rings is 1. The SMILES string of the molecule is Cc1cc(C(N)c2ccc(F)cc2Cl)c(C)s1. The first-order chi connectivity index (χ1) is 7.99. The molecule has 0 aliphatic carbocycles. The molecule has 2 rings (SSSR count). The Morgan fingerprint density at radius 1 is 1.24 bits per heavy atom. The van der Waals surface area contributed by atoms with Gasteiger partial charge in [-0.05, 0) is 43.2 Å². The fraction of sp³-hybridized carbons (Fsp3) is 0.231. The lowest BCUT2D eigenvalue weighted by atomic mass is 10.00. The van der Waals surface area contributed by atoms with E-state index in [1.54, 1.807) is 17.4 Å². The molecule has 2 aromatic rings. The van der Waals surface area contributed by atoms with E-state index in [2.05, 4.69) is 6.07 Å². The Labute approximate surface area is 109 Å². The van der Waals surface area contributed by atoms with Crippen molar-refractivity contribution in [3.63, 3.8) is 0 Å². The molecule has 1 aromatic carbocycles. The van der Waals surface area contributed by atoms with Crippen molar-refractivity contribution >= 4 is 22.9 Å². The molecule has 17 heavy (non-hydrogen) atoms. The quantitative estimate of drug-likeness (QED) is 0.869. The van der Waals surface area contributed by atoms with Crippen molar-refractivity contribution in [3.05, 3.63) is 56.0 Å². The molecule has 0 spiro atoms. The fourth-order valence-electron chi connectivity index (χ4n) is 1.88. The van der Waals surface area contributed by atoms with Crippen LogP contribution in [-0.4, -0.2) is 0 Å². The minimum Gasteiger partial charge on any atom is -0.320 e. The molecule has 2 N–H and O–H groups in total. The second-order valence-electron chi connectivity index (χ2n) is 4.01. The Kier molecular flexibility index (Phi) is 3.52. The summed E-state index contributed by atoms with van der Waals surface area (Å²) in [5.41, 5.74) is 8.00. The number of rotatable bonds is 2. The lowest BCUT2D eigenvalue weighted by Gasteiger charge is -2.13. The smallest absolute Gasteiger partial charge is 0.124 e. The van der Waals surface area contributed by atoms with Gasteiger partial charge in [-0.1, -0.05) is 17.7 Å². The van der Waals surface area contributed by atoms with Crippen molar-refractivity contribution in [3.8, 4) is 0 Å². The van der Waals surface area contributed by atoms with E-state index < -0.39 is 0 Å². The Balaban J connectivity index is 2.43. The third-order valence-electron chi connectivity index (χ3n) is 2.71. The number of hydrogen-bond donors (Lipinski definition) is 1. The minimum atomic E-state index is -0.343. The van der Waals surface area contributed by atoms with E-state index in [9.17, 15) is 4.39 Å². The zero-order chi connectivity index (χ0) is 12.6. The molecule has 0 amide bonds. The fourth-order valence-corrected chi connectivity index (χ4v) is 3.14. The molecule has 0 fully saturated rings. The summed E-state index contributed by atoms with van der Waals surface area (Å²) >= 11 is 7.72. The predicted octanol–water partition coefficient (Wildman–Crippen LogP) is 4.21. The first-order valence-corrected chi connectivity index (χ1v) is 6.46. The first-order valence-electron chi connectivity index (χ1n) is 5.26. The number of thiophene rings is 1. The summed E-state index contributed by atoms with van der Waals surface area (Å²) in [6.07, 6.45) is 0. The van der Waals surface area contributed by atoms with Gasteiger partial charge in [0.1, 0.15) is 5.82 Å². The molecule has 0 saturated carbocycles. The zero-order valence-electron chi connectivity index (χ0n) is 9.63. The van der Waals surface area contributed by atoms with Crippen LogP contribution in [0.15, 0.2) is 24.3 Å². The summed E-state index contributed by atoms with van der Waals surface area (Å²) in [5, 5.41) is 0.376. The molecule has 4 heteroatoms. The normalized spacial score (nSPS) is 12.8. The molecule has 0 bridgehead atoms. The maximum Gasteiger partial charge on any atom is 0.124 e. The molecular weight excluding hydrogens is 257 g/mol. The van der Waals surface area contributed by atoms with Gasteiger partial charge >= 0.3 is 0 Å². The van der Waals surface area contributed by atoms with Crippen LogP contribution in [0.2, 0.25) is 5.02 Å². The van der Waals surface area contributed by atoms with Gasteiger partial charge in [0.15, 0.2) is 0 Å². The Bertz CT molecular complexity index is 550. The van der Waals surface area contributed by atoms with E-state index >= 15 is 0 Å². The van der Waals surface area contributed by atoms with Crippen LogP contribution < -0.4 is 5.73 Å². The highest BCUT2D eigenvalue weighted by Crippen LogP contribution is 2.32. The molecule has 1 aromatic heterocycles. The highest BCUT2D eigenvalue weighted by Gasteiger charge is 2.16. The molecule has 0 aliphatic heterocycles. The standard InChI is InChI=1S/C13H13ClFNS/c1-7-5-11(8(2)17-7)13(16)10-4-3-9(15)6-12(10)14/h3-6,13H,16H2,1-2H3. The summed E-state index contributed by atoms with van der Waals surface area (Å²) in [7, 11) is 0. The van der Waals surface area contributed by atoms with Crippen LogP contribution in [0.3, 0.4) is 0 Å². The van der Waals surface area contributed by atoms with Crippen LogP contribution in [0.1, 0.15) is 26.9 Å². The average molecular weight is 270 g/mol. The number of nitrogens with two attached hydrogens (primary N) is 1. The molecule has 0 radical (unpaired) electrons. The number of aryl methyl sites for hydroxylation is 2. The van der Waals surface area contributed by atoms with Crippen LogP contribution in [0.4, 0.5) is 4.39 Å². The summed E-state index contributed by atoms with van der Waals surface area (Å²) < 4.78 is 13.0. The van der Waals surface area contributed by atoms with Crippen molar-refractivity contribution in [2.75, 3.05) is 0 Å². The summed E-state index contributed by atoms with van der Waals surface area (Å²) in [4.78, 5) is 2.39. The van der Waals surface area contributed by atoms with Gasteiger partial charge in [-0.15, -0.1) is 11.3 Å². The van der Waals surface area contributed by atoms with Crippen molar-refractivity contribution in [2.45, 2.75) is 19.9 Å². The third kappa shape index (κ3) is 2.51. The maximum absolute atomic E-state index is 13.0. The largest absolute Gasteiger partial charge is 0.320 e. The summed E-state index contributed by atoms with van der Waals surface area (Å²) in [5.74, 6) is -0.343. The summed E-state index contributed by atoms with van der Waals surface area (Å²) in [6.45, 7) is 4.07. The van der Waals surface area contributed by atoms with Gasteiger partial charge in [-0.25, -0.2) is 4.39 Å². The maximum atomic E-state index is 13.0. The van der Waals surface area contributed by atoms with Crippen LogP contribution in [0, 0.1) is 19.7 Å². The zero-order valence-corrected chi connectivity index (χ0v) is 11.2. The molecule has 0 aliphatic rings. The van der Waals surface area contributed by atoms with E-state index in [1.807, 2.05) is 13.8 Å². The Hall–Kier alpha value is -0.900. The molecular formula is C13H13ClFNS. The van der Waals surface area contributed by atoms with Gasteiger partial charge in [0.25, 0.3) is 0 Å². The predicted molar refractivity (Wildman–Crippen MR) is 71.2 cm³/mol. The van der Waals surface area contributed by atoms with Crippen molar-refractivity contribution in [2.24, 2.45) is 5.73 Å². The second-order valence-corrected chi connectivity index (χ2v) is 5.88. The monoisotopic (exact) mass is 269 g/mol.